The van der Waals surface area contributed by atoms with Gasteiger partial charge in [0.25, 0.3) is 0 Å². The maximum Gasteiger partial charge on any atom is 0.244 e. The quantitative estimate of drug-likeness (QED) is 0.727. The van der Waals surface area contributed by atoms with E-state index >= 15 is 0 Å². The third-order valence-electron chi connectivity index (χ3n) is 4.20. The molecule has 0 aliphatic heterocycles. The van der Waals surface area contributed by atoms with Crippen LogP contribution in [0.5, 0.6) is 0 Å². The van der Waals surface area contributed by atoms with Crippen LogP contribution in [0.1, 0.15) is 20.3 Å². The van der Waals surface area contributed by atoms with E-state index in [0.29, 0.717) is 28.8 Å². The molecular formula is C16H22ClN5O2. The van der Waals surface area contributed by atoms with Gasteiger partial charge in [-0.25, -0.2) is 4.98 Å². The first-order valence-corrected chi connectivity index (χ1v) is 7.95. The van der Waals surface area contributed by atoms with Crippen molar-refractivity contribution in [3.63, 3.8) is 0 Å². The van der Waals surface area contributed by atoms with Crippen molar-refractivity contribution in [2.45, 2.75) is 25.9 Å². The fourth-order valence-corrected chi connectivity index (χ4v) is 2.92. The molecule has 1 atom stereocenters. The second-order valence-electron chi connectivity index (χ2n) is 5.83. The average Bonchev–Trinajstić information content (AvgIpc) is 2.56. The zero-order chi connectivity index (χ0) is 17.9. The summed E-state index contributed by atoms with van der Waals surface area (Å²) in [5.41, 5.74) is 5.99. The molecule has 0 radical (unpaired) electrons. The topological polar surface area (TPSA) is 102 Å². The number of hydrogen-bond donors (Lipinski definition) is 3. The van der Waals surface area contributed by atoms with Crippen LogP contribution in [-0.4, -0.2) is 35.6 Å². The number of methoxy groups -OCH3 is 1. The summed E-state index contributed by atoms with van der Waals surface area (Å²) in [5.74, 6) is 0.535. The van der Waals surface area contributed by atoms with Crippen molar-refractivity contribution in [3.05, 3.63) is 34.6 Å². The zero-order valence-corrected chi connectivity index (χ0v) is 14.9. The Labute approximate surface area is 146 Å². The largest absolute Gasteiger partial charge is 0.372 e. The summed E-state index contributed by atoms with van der Waals surface area (Å²) in [6, 6.07) is 0. The molecule has 0 saturated carbocycles. The molecular weight excluding hydrogens is 330 g/mol. The molecule has 1 amide bonds. The van der Waals surface area contributed by atoms with Crippen molar-refractivity contribution in [1.82, 2.24) is 9.97 Å². The van der Waals surface area contributed by atoms with Crippen LogP contribution in [0, 0.1) is 5.92 Å². The molecule has 24 heavy (non-hydrogen) atoms. The van der Waals surface area contributed by atoms with Gasteiger partial charge in [0.2, 0.25) is 11.9 Å². The second-order valence-corrected chi connectivity index (χ2v) is 6.23. The van der Waals surface area contributed by atoms with E-state index in [2.05, 4.69) is 20.6 Å². The van der Waals surface area contributed by atoms with E-state index in [1.807, 2.05) is 13.8 Å². The lowest BCUT2D eigenvalue weighted by molar-refractivity contribution is -0.115. The summed E-state index contributed by atoms with van der Waals surface area (Å²) < 4.78 is 5.81. The van der Waals surface area contributed by atoms with Crippen LogP contribution in [0.15, 0.2) is 29.6 Å². The van der Waals surface area contributed by atoms with E-state index in [1.165, 1.54) is 6.20 Å². The lowest BCUT2D eigenvalue weighted by Gasteiger charge is -2.40. The van der Waals surface area contributed by atoms with Crippen LogP contribution < -0.4 is 16.4 Å². The number of allylic oxidation sites excluding steroid dienone is 2. The molecule has 0 fully saturated rings. The first kappa shape index (κ1) is 18.2. The summed E-state index contributed by atoms with van der Waals surface area (Å²) in [4.78, 5) is 20.1. The number of carbonyl (C=O) groups excluding carboxylic acids is 1. The molecule has 4 N–H and O–H groups in total. The van der Waals surface area contributed by atoms with E-state index in [0.717, 1.165) is 5.70 Å². The number of anilines is 2. The number of carbonyl (C=O) groups is 1. The van der Waals surface area contributed by atoms with Gasteiger partial charge in [0.1, 0.15) is 16.4 Å². The lowest BCUT2D eigenvalue weighted by Crippen LogP contribution is -2.45. The number of halogens is 1. The van der Waals surface area contributed by atoms with Gasteiger partial charge in [-0.1, -0.05) is 31.5 Å². The fraction of sp³-hybridized carbons (Fsp3) is 0.438. The van der Waals surface area contributed by atoms with Crippen molar-refractivity contribution in [1.29, 1.82) is 0 Å². The van der Waals surface area contributed by atoms with Crippen molar-refractivity contribution >= 4 is 29.3 Å². The molecule has 1 aliphatic rings. The predicted molar refractivity (Wildman–Crippen MR) is 94.8 cm³/mol. The van der Waals surface area contributed by atoms with Crippen molar-refractivity contribution < 1.29 is 9.53 Å². The number of nitrogens with one attached hydrogen (secondary N) is 2. The summed E-state index contributed by atoms with van der Waals surface area (Å²) >= 11 is 6.01. The number of aromatic nitrogens is 2. The van der Waals surface area contributed by atoms with Gasteiger partial charge in [0, 0.05) is 26.2 Å². The molecule has 0 bridgehead atoms. The van der Waals surface area contributed by atoms with E-state index in [9.17, 15) is 4.79 Å². The molecule has 130 valence electrons. The molecule has 1 aliphatic carbocycles. The van der Waals surface area contributed by atoms with Gasteiger partial charge >= 0.3 is 0 Å². The SMILES string of the molecule is CNc1nc(NC2=CC=C(C(N)=O)CC2(OC)C(C)C)ncc1Cl. The summed E-state index contributed by atoms with van der Waals surface area (Å²) in [6.07, 6.45) is 5.37. The first-order chi connectivity index (χ1) is 11.3. The van der Waals surface area contributed by atoms with E-state index in [4.69, 9.17) is 22.1 Å². The Morgan fingerprint density at radius 2 is 2.17 bits per heavy atom. The highest BCUT2D eigenvalue weighted by Crippen LogP contribution is 2.39. The molecule has 7 nitrogen and oxygen atoms in total. The minimum absolute atomic E-state index is 0.0837. The summed E-state index contributed by atoms with van der Waals surface area (Å²) in [5, 5.41) is 6.52. The van der Waals surface area contributed by atoms with E-state index in [-0.39, 0.29) is 5.92 Å². The highest BCUT2D eigenvalue weighted by atomic mass is 35.5. The Morgan fingerprint density at radius 1 is 1.46 bits per heavy atom. The summed E-state index contributed by atoms with van der Waals surface area (Å²) in [7, 11) is 3.34. The highest BCUT2D eigenvalue weighted by Gasteiger charge is 2.41. The molecule has 8 heteroatoms. The number of nitrogens with zero attached hydrogens (tertiary/aromatic N) is 2. The Hall–Kier alpha value is -2.12. The van der Waals surface area contributed by atoms with Crippen molar-refractivity contribution in [2.75, 3.05) is 24.8 Å². The second kappa shape index (κ2) is 7.19. The maximum absolute atomic E-state index is 11.6. The number of hydrogen-bond acceptors (Lipinski definition) is 6. The van der Waals surface area contributed by atoms with Gasteiger partial charge in [-0.05, 0) is 12.0 Å². The number of primary amides is 1. The Balaban J connectivity index is 2.42. The smallest absolute Gasteiger partial charge is 0.244 e. The van der Waals surface area contributed by atoms with Crippen molar-refractivity contribution in [3.8, 4) is 0 Å². The fourth-order valence-electron chi connectivity index (χ4n) is 2.73. The third-order valence-corrected chi connectivity index (χ3v) is 4.48. The van der Waals surface area contributed by atoms with E-state index in [1.54, 1.807) is 26.3 Å². The zero-order valence-electron chi connectivity index (χ0n) is 14.2. The average molecular weight is 352 g/mol. The van der Waals surface area contributed by atoms with Crippen LogP contribution in [0.4, 0.5) is 11.8 Å². The monoisotopic (exact) mass is 351 g/mol. The molecule has 0 aromatic carbocycles. The normalized spacial score (nSPS) is 20.4. The van der Waals surface area contributed by atoms with Gasteiger partial charge in [-0.3, -0.25) is 4.79 Å². The Morgan fingerprint density at radius 3 is 2.71 bits per heavy atom. The summed E-state index contributed by atoms with van der Waals surface area (Å²) in [6.45, 7) is 4.04. The molecule has 0 saturated heterocycles. The lowest BCUT2D eigenvalue weighted by atomic mass is 9.78. The van der Waals surface area contributed by atoms with Crippen molar-refractivity contribution in [2.24, 2.45) is 11.7 Å². The molecule has 1 aromatic heterocycles. The predicted octanol–water partition coefficient (Wildman–Crippen LogP) is 2.32. The number of rotatable bonds is 6. The molecule has 1 unspecified atom stereocenters. The maximum atomic E-state index is 11.6. The highest BCUT2D eigenvalue weighted by molar-refractivity contribution is 6.32. The molecule has 0 spiro atoms. The van der Waals surface area contributed by atoms with Crippen LogP contribution >= 0.6 is 11.6 Å². The van der Waals surface area contributed by atoms with Gasteiger partial charge < -0.3 is 21.1 Å². The number of amides is 1. The van der Waals surface area contributed by atoms with Crippen LogP contribution in [0.3, 0.4) is 0 Å². The minimum atomic E-state index is -0.720. The van der Waals surface area contributed by atoms with Crippen LogP contribution in [0.2, 0.25) is 5.02 Å². The van der Waals surface area contributed by atoms with Gasteiger partial charge in [0.05, 0.1) is 11.9 Å². The van der Waals surface area contributed by atoms with Gasteiger partial charge in [-0.2, -0.15) is 4.98 Å². The van der Waals surface area contributed by atoms with Gasteiger partial charge in [0.15, 0.2) is 0 Å². The first-order valence-electron chi connectivity index (χ1n) is 7.57. The third kappa shape index (κ3) is 3.37. The standard InChI is InChI=1S/C16H22ClN5O2/c1-9(2)16(24-4)7-10(13(18)23)5-6-12(16)21-15-20-8-11(17)14(19-3)22-15/h5-6,8-9H,7H2,1-4H3,(H2,18,23)(H2,19,20,21,22). The Kier molecular flexibility index (Phi) is 5.46. The van der Waals surface area contributed by atoms with Crippen LogP contribution in [-0.2, 0) is 9.53 Å². The number of ether oxygens (including phenoxy) is 1. The van der Waals surface area contributed by atoms with Crippen LogP contribution in [0.25, 0.3) is 0 Å². The minimum Gasteiger partial charge on any atom is -0.372 e. The van der Waals surface area contributed by atoms with E-state index < -0.39 is 11.5 Å². The molecule has 1 aromatic rings. The van der Waals surface area contributed by atoms with Gasteiger partial charge in [-0.15, -0.1) is 0 Å². The number of nitrogens with two attached hydrogens (primary N) is 1. The molecule has 2 rings (SSSR count). The Bertz CT molecular complexity index is 702. The molecule has 1 heterocycles.